The molecule has 0 aliphatic carbocycles. The molecule has 6 heteroatoms. The number of thiophene rings is 1. The summed E-state index contributed by atoms with van der Waals surface area (Å²) in [6.45, 7) is 3.72. The van der Waals surface area contributed by atoms with Crippen LogP contribution in [0.2, 0.25) is 0 Å². The fourth-order valence-electron chi connectivity index (χ4n) is 3.39. The zero-order valence-corrected chi connectivity index (χ0v) is 14.5. The van der Waals surface area contributed by atoms with Gasteiger partial charge in [0.15, 0.2) is 0 Å². The topological polar surface area (TPSA) is 50.2 Å². The van der Waals surface area contributed by atoms with Crippen molar-refractivity contribution >= 4 is 17.2 Å². The molecule has 2 aromatic heterocycles. The minimum absolute atomic E-state index is 0.0341. The second kappa shape index (κ2) is 7.27. The van der Waals surface area contributed by atoms with Crippen molar-refractivity contribution in [3.8, 4) is 0 Å². The molecule has 1 aliphatic heterocycles. The number of hydrogen-bond acceptors (Lipinski definition) is 4. The summed E-state index contributed by atoms with van der Waals surface area (Å²) in [6.07, 6.45) is 5.87. The number of carbonyl (C=O) groups excluding carboxylic acids is 1. The van der Waals surface area contributed by atoms with E-state index < -0.39 is 0 Å². The molecular formula is C17H24N4OS. The third kappa shape index (κ3) is 3.64. The van der Waals surface area contributed by atoms with Gasteiger partial charge in [-0.15, -0.1) is 11.3 Å². The fourth-order valence-corrected chi connectivity index (χ4v) is 4.37. The second-order valence-electron chi connectivity index (χ2n) is 6.25. The zero-order valence-electron chi connectivity index (χ0n) is 13.7. The van der Waals surface area contributed by atoms with Crippen molar-refractivity contribution in [2.45, 2.75) is 31.8 Å². The first-order valence-electron chi connectivity index (χ1n) is 8.17. The van der Waals surface area contributed by atoms with Gasteiger partial charge in [-0.1, -0.05) is 6.07 Å². The number of hydrogen-bond donors (Lipinski definition) is 1. The maximum atomic E-state index is 12.4. The molecule has 0 spiro atoms. The average molecular weight is 332 g/mol. The third-order valence-electron chi connectivity index (χ3n) is 4.68. The molecular weight excluding hydrogens is 308 g/mol. The number of likely N-dealkylation sites (tertiary alicyclic amines) is 1. The highest BCUT2D eigenvalue weighted by atomic mass is 32.1. The van der Waals surface area contributed by atoms with Crippen LogP contribution in [0.3, 0.4) is 0 Å². The molecule has 1 N–H and O–H groups in total. The van der Waals surface area contributed by atoms with Crippen LogP contribution in [0.4, 0.5) is 0 Å². The smallest absolute Gasteiger partial charge is 0.244 e. The standard InChI is InChI=1S/C17H24N4OS/c1-13(21-10-5-8-19-21)17(22)18-12-14-6-3-9-20(2)16(14)15-7-4-11-23-15/h4-5,7-8,10-11,13-14,16H,3,6,9,12H2,1-2H3,(H,18,22)/t13-,14-,16-/m1/s1. The van der Waals surface area contributed by atoms with Gasteiger partial charge in [-0.25, -0.2) is 0 Å². The Kier molecular flexibility index (Phi) is 5.13. The summed E-state index contributed by atoms with van der Waals surface area (Å²) >= 11 is 1.81. The van der Waals surface area contributed by atoms with E-state index in [1.807, 2.05) is 30.5 Å². The Morgan fingerprint density at radius 1 is 1.52 bits per heavy atom. The van der Waals surface area contributed by atoms with Gasteiger partial charge < -0.3 is 5.32 Å². The van der Waals surface area contributed by atoms with Crippen molar-refractivity contribution in [1.82, 2.24) is 20.0 Å². The summed E-state index contributed by atoms with van der Waals surface area (Å²) in [5.41, 5.74) is 0. The molecule has 2 aromatic rings. The maximum Gasteiger partial charge on any atom is 0.244 e. The van der Waals surface area contributed by atoms with Crippen LogP contribution >= 0.6 is 11.3 Å². The Morgan fingerprint density at radius 3 is 3.09 bits per heavy atom. The van der Waals surface area contributed by atoms with Gasteiger partial charge in [-0.2, -0.15) is 5.10 Å². The second-order valence-corrected chi connectivity index (χ2v) is 7.23. The van der Waals surface area contributed by atoms with Crippen LogP contribution < -0.4 is 5.32 Å². The highest BCUT2D eigenvalue weighted by Crippen LogP contribution is 2.36. The summed E-state index contributed by atoms with van der Waals surface area (Å²) < 4.78 is 1.69. The lowest BCUT2D eigenvalue weighted by molar-refractivity contribution is -0.124. The fraction of sp³-hybridized carbons (Fsp3) is 0.529. The van der Waals surface area contributed by atoms with Gasteiger partial charge in [-0.05, 0) is 56.8 Å². The molecule has 1 fully saturated rings. The van der Waals surface area contributed by atoms with E-state index in [0.717, 1.165) is 19.5 Å². The molecule has 1 saturated heterocycles. The lowest BCUT2D eigenvalue weighted by Crippen LogP contribution is -2.42. The Morgan fingerprint density at radius 2 is 2.39 bits per heavy atom. The van der Waals surface area contributed by atoms with Crippen molar-refractivity contribution in [1.29, 1.82) is 0 Å². The van der Waals surface area contributed by atoms with Crippen LogP contribution in [-0.4, -0.2) is 40.7 Å². The van der Waals surface area contributed by atoms with Crippen LogP contribution in [-0.2, 0) is 4.79 Å². The Bertz CT molecular complexity index is 611. The van der Waals surface area contributed by atoms with E-state index in [9.17, 15) is 4.79 Å². The maximum absolute atomic E-state index is 12.4. The average Bonchev–Trinajstić information content (AvgIpc) is 3.25. The van der Waals surface area contributed by atoms with E-state index in [-0.39, 0.29) is 11.9 Å². The monoisotopic (exact) mass is 332 g/mol. The molecule has 0 unspecified atom stereocenters. The summed E-state index contributed by atoms with van der Waals surface area (Å²) in [4.78, 5) is 16.2. The minimum atomic E-state index is -0.272. The molecule has 0 saturated carbocycles. The molecule has 1 amide bonds. The van der Waals surface area contributed by atoms with E-state index in [1.54, 1.807) is 10.9 Å². The molecule has 23 heavy (non-hydrogen) atoms. The van der Waals surface area contributed by atoms with Crippen molar-refractivity contribution < 1.29 is 4.79 Å². The number of aromatic nitrogens is 2. The largest absolute Gasteiger partial charge is 0.354 e. The number of carbonyl (C=O) groups is 1. The van der Waals surface area contributed by atoms with Crippen LogP contribution in [0.1, 0.15) is 36.7 Å². The number of piperidine rings is 1. The Balaban J connectivity index is 1.62. The molecule has 3 heterocycles. The number of nitrogens with one attached hydrogen (secondary N) is 1. The quantitative estimate of drug-likeness (QED) is 0.916. The van der Waals surface area contributed by atoms with E-state index in [2.05, 4.69) is 39.9 Å². The van der Waals surface area contributed by atoms with Gasteiger partial charge in [0, 0.05) is 29.9 Å². The first kappa shape index (κ1) is 16.2. The van der Waals surface area contributed by atoms with Crippen molar-refractivity contribution in [2.24, 2.45) is 5.92 Å². The van der Waals surface area contributed by atoms with Gasteiger partial charge >= 0.3 is 0 Å². The highest BCUT2D eigenvalue weighted by molar-refractivity contribution is 7.10. The van der Waals surface area contributed by atoms with Gasteiger partial charge in [-0.3, -0.25) is 14.4 Å². The van der Waals surface area contributed by atoms with Gasteiger partial charge in [0.05, 0.1) is 0 Å². The lowest BCUT2D eigenvalue weighted by atomic mass is 9.88. The molecule has 0 radical (unpaired) electrons. The molecule has 3 rings (SSSR count). The normalized spacial score (nSPS) is 23.6. The van der Waals surface area contributed by atoms with Gasteiger partial charge in [0.2, 0.25) is 5.91 Å². The molecule has 0 aromatic carbocycles. The van der Waals surface area contributed by atoms with E-state index in [4.69, 9.17) is 0 Å². The lowest BCUT2D eigenvalue weighted by Gasteiger charge is -2.39. The molecule has 1 aliphatic rings. The summed E-state index contributed by atoms with van der Waals surface area (Å²) in [6, 6.07) is 6.29. The minimum Gasteiger partial charge on any atom is -0.354 e. The van der Waals surface area contributed by atoms with Gasteiger partial charge in [0.1, 0.15) is 6.04 Å². The predicted octanol–water partition coefficient (Wildman–Crippen LogP) is 2.70. The Labute approximate surface area is 141 Å². The van der Waals surface area contributed by atoms with Crippen molar-refractivity contribution in [2.75, 3.05) is 20.1 Å². The summed E-state index contributed by atoms with van der Waals surface area (Å²) in [7, 11) is 2.19. The first-order chi connectivity index (χ1) is 11.2. The number of rotatable bonds is 5. The van der Waals surface area contributed by atoms with Crippen LogP contribution in [0.25, 0.3) is 0 Å². The van der Waals surface area contributed by atoms with Crippen LogP contribution in [0.5, 0.6) is 0 Å². The predicted molar refractivity (Wildman–Crippen MR) is 92.4 cm³/mol. The van der Waals surface area contributed by atoms with E-state index >= 15 is 0 Å². The zero-order chi connectivity index (χ0) is 16.2. The van der Waals surface area contributed by atoms with E-state index in [1.165, 1.54) is 11.3 Å². The molecule has 3 atom stereocenters. The van der Waals surface area contributed by atoms with Gasteiger partial charge in [0.25, 0.3) is 0 Å². The SMILES string of the molecule is C[C@H](C(=O)NC[C@H]1CCCN(C)[C@H]1c1cccs1)n1cccn1. The third-order valence-corrected chi connectivity index (χ3v) is 5.62. The van der Waals surface area contributed by atoms with Crippen molar-refractivity contribution in [3.63, 3.8) is 0 Å². The Hall–Kier alpha value is -1.66. The van der Waals surface area contributed by atoms with Crippen LogP contribution in [0.15, 0.2) is 36.0 Å². The highest BCUT2D eigenvalue weighted by Gasteiger charge is 2.31. The van der Waals surface area contributed by atoms with Crippen LogP contribution in [0, 0.1) is 5.92 Å². The summed E-state index contributed by atoms with van der Waals surface area (Å²) in [5.74, 6) is 0.494. The molecule has 0 bridgehead atoms. The number of nitrogens with zero attached hydrogens (tertiary/aromatic N) is 3. The van der Waals surface area contributed by atoms with E-state index in [0.29, 0.717) is 12.0 Å². The van der Waals surface area contributed by atoms with Crippen molar-refractivity contribution in [3.05, 3.63) is 40.8 Å². The molecule has 5 nitrogen and oxygen atoms in total. The summed E-state index contributed by atoms with van der Waals surface area (Å²) in [5, 5.41) is 9.41. The molecule has 124 valence electrons. The first-order valence-corrected chi connectivity index (χ1v) is 9.05. The number of amides is 1.